The van der Waals surface area contributed by atoms with Crippen molar-refractivity contribution >= 4 is 11.9 Å². The lowest BCUT2D eigenvalue weighted by molar-refractivity contribution is -0.138. The number of aliphatic imine (C=N–C) groups is 1. The quantitative estimate of drug-likeness (QED) is 0.397. The van der Waals surface area contributed by atoms with Crippen molar-refractivity contribution in [3.63, 3.8) is 0 Å². The van der Waals surface area contributed by atoms with Gasteiger partial charge in [0, 0.05) is 19.6 Å². The molecule has 7 heteroatoms. The number of hydrogen-bond donors (Lipinski definition) is 3. The van der Waals surface area contributed by atoms with Crippen molar-refractivity contribution in [1.29, 1.82) is 0 Å². The van der Waals surface area contributed by atoms with E-state index in [0.29, 0.717) is 32.1 Å². The molecule has 0 spiro atoms. The molecule has 0 aliphatic carbocycles. The summed E-state index contributed by atoms with van der Waals surface area (Å²) in [5, 5.41) is 8.56. The van der Waals surface area contributed by atoms with E-state index in [1.54, 1.807) is 0 Å². The van der Waals surface area contributed by atoms with Crippen molar-refractivity contribution in [1.82, 2.24) is 4.90 Å². The number of rotatable bonds is 4. The van der Waals surface area contributed by atoms with Crippen LogP contribution in [0.1, 0.15) is 6.42 Å². The third kappa shape index (κ3) is 4.03. The van der Waals surface area contributed by atoms with Crippen molar-refractivity contribution < 1.29 is 14.6 Å². The van der Waals surface area contributed by atoms with Crippen LogP contribution in [0.3, 0.4) is 0 Å². The average Bonchev–Trinajstić information content (AvgIpc) is 2.29. The predicted molar refractivity (Wildman–Crippen MR) is 59.1 cm³/mol. The Morgan fingerprint density at radius 3 is 2.69 bits per heavy atom. The van der Waals surface area contributed by atoms with Crippen LogP contribution < -0.4 is 11.5 Å². The largest absolute Gasteiger partial charge is 0.480 e. The Morgan fingerprint density at radius 1 is 1.50 bits per heavy atom. The highest BCUT2D eigenvalue weighted by molar-refractivity contribution is 5.78. The zero-order chi connectivity index (χ0) is 12.0. The fourth-order valence-electron chi connectivity index (χ4n) is 1.33. The molecule has 1 aliphatic heterocycles. The smallest absolute Gasteiger partial charge is 0.320 e. The Labute approximate surface area is 94.1 Å². The van der Waals surface area contributed by atoms with Gasteiger partial charge in [-0.05, 0) is 6.42 Å². The number of morpholine rings is 1. The predicted octanol–water partition coefficient (Wildman–Crippen LogP) is -1.56. The molecule has 0 radical (unpaired) electrons. The van der Waals surface area contributed by atoms with Gasteiger partial charge in [-0.1, -0.05) is 0 Å². The minimum absolute atomic E-state index is 0.292. The molecule has 0 aromatic rings. The molecule has 1 fully saturated rings. The summed E-state index contributed by atoms with van der Waals surface area (Å²) in [4.78, 5) is 16.4. The summed E-state index contributed by atoms with van der Waals surface area (Å²) >= 11 is 0. The van der Waals surface area contributed by atoms with Crippen LogP contribution in [-0.2, 0) is 9.53 Å². The first kappa shape index (κ1) is 12.7. The first-order valence-electron chi connectivity index (χ1n) is 5.22. The fraction of sp³-hybridized carbons (Fsp3) is 0.778. The van der Waals surface area contributed by atoms with Crippen LogP contribution in [0.4, 0.5) is 0 Å². The third-order valence-corrected chi connectivity index (χ3v) is 2.37. The Balaban J connectivity index is 2.29. The Hall–Kier alpha value is -1.34. The lowest BCUT2D eigenvalue weighted by Crippen LogP contribution is -2.45. The zero-order valence-electron chi connectivity index (χ0n) is 9.13. The maximum absolute atomic E-state index is 10.4. The van der Waals surface area contributed by atoms with E-state index in [4.69, 9.17) is 21.3 Å². The second-order valence-electron chi connectivity index (χ2n) is 3.57. The molecule has 1 atom stereocenters. The number of guanidine groups is 1. The van der Waals surface area contributed by atoms with Gasteiger partial charge in [-0.25, -0.2) is 0 Å². The van der Waals surface area contributed by atoms with Crippen molar-refractivity contribution in [3.8, 4) is 0 Å². The lowest BCUT2D eigenvalue weighted by Gasteiger charge is -2.27. The van der Waals surface area contributed by atoms with Crippen LogP contribution in [0.2, 0.25) is 0 Å². The second-order valence-corrected chi connectivity index (χ2v) is 3.57. The standard InChI is InChI=1S/C9H18N4O3/c10-7(8(14)15)1-2-12-9(11)13-3-5-16-6-4-13/h7H,1-6,10H2,(H2,11,12)(H,14,15)/t7-/m0/s1. The fourth-order valence-corrected chi connectivity index (χ4v) is 1.33. The van der Waals surface area contributed by atoms with Crippen molar-refractivity contribution in [2.75, 3.05) is 32.8 Å². The third-order valence-electron chi connectivity index (χ3n) is 2.37. The molecule has 7 nitrogen and oxygen atoms in total. The maximum Gasteiger partial charge on any atom is 0.320 e. The van der Waals surface area contributed by atoms with Gasteiger partial charge in [0.25, 0.3) is 0 Å². The molecule has 1 rings (SSSR count). The zero-order valence-corrected chi connectivity index (χ0v) is 9.13. The van der Waals surface area contributed by atoms with E-state index in [2.05, 4.69) is 4.99 Å². The van der Waals surface area contributed by atoms with E-state index in [1.165, 1.54) is 0 Å². The van der Waals surface area contributed by atoms with Crippen LogP contribution in [0.5, 0.6) is 0 Å². The van der Waals surface area contributed by atoms with Gasteiger partial charge in [0.05, 0.1) is 13.2 Å². The average molecular weight is 230 g/mol. The molecule has 0 saturated carbocycles. The van der Waals surface area contributed by atoms with Crippen LogP contribution in [0.25, 0.3) is 0 Å². The number of carboxylic acid groups (broad SMARTS) is 1. The Morgan fingerprint density at radius 2 is 2.12 bits per heavy atom. The molecule has 5 N–H and O–H groups in total. The van der Waals surface area contributed by atoms with Crippen molar-refractivity contribution in [3.05, 3.63) is 0 Å². The molecule has 16 heavy (non-hydrogen) atoms. The van der Waals surface area contributed by atoms with Crippen LogP contribution in [-0.4, -0.2) is 60.8 Å². The normalized spacial score (nSPS) is 19.6. The van der Waals surface area contributed by atoms with Gasteiger partial charge >= 0.3 is 5.97 Å². The van der Waals surface area contributed by atoms with Gasteiger partial charge in [-0.3, -0.25) is 9.79 Å². The number of carbonyl (C=O) groups is 1. The molecule has 1 saturated heterocycles. The highest BCUT2D eigenvalue weighted by Crippen LogP contribution is 1.97. The molecule has 0 aromatic carbocycles. The molecular formula is C9H18N4O3. The van der Waals surface area contributed by atoms with Gasteiger partial charge in [0.1, 0.15) is 6.04 Å². The van der Waals surface area contributed by atoms with Gasteiger partial charge in [-0.2, -0.15) is 0 Å². The summed E-state index contributed by atoms with van der Waals surface area (Å²) in [6.07, 6.45) is 0.292. The van der Waals surface area contributed by atoms with E-state index >= 15 is 0 Å². The number of ether oxygens (including phenoxy) is 1. The van der Waals surface area contributed by atoms with E-state index in [9.17, 15) is 4.79 Å². The molecule has 0 unspecified atom stereocenters. The minimum Gasteiger partial charge on any atom is -0.480 e. The Kier molecular flexibility index (Phi) is 5.00. The van der Waals surface area contributed by atoms with E-state index < -0.39 is 12.0 Å². The molecule has 1 aliphatic rings. The molecular weight excluding hydrogens is 212 g/mol. The summed E-state index contributed by atoms with van der Waals surface area (Å²) in [5.74, 6) is -0.582. The number of nitrogens with two attached hydrogens (primary N) is 2. The van der Waals surface area contributed by atoms with Gasteiger partial charge in [-0.15, -0.1) is 0 Å². The van der Waals surface area contributed by atoms with Crippen LogP contribution >= 0.6 is 0 Å². The summed E-state index contributed by atoms with van der Waals surface area (Å²) in [5.41, 5.74) is 11.1. The van der Waals surface area contributed by atoms with E-state index in [0.717, 1.165) is 13.1 Å². The Bertz CT molecular complexity index is 263. The first-order valence-corrected chi connectivity index (χ1v) is 5.22. The highest BCUT2D eigenvalue weighted by Gasteiger charge is 2.13. The molecule has 0 aromatic heterocycles. The van der Waals surface area contributed by atoms with Crippen molar-refractivity contribution in [2.45, 2.75) is 12.5 Å². The topological polar surface area (TPSA) is 114 Å². The monoisotopic (exact) mass is 230 g/mol. The number of nitrogens with zero attached hydrogens (tertiary/aromatic N) is 2. The minimum atomic E-state index is -1.01. The van der Waals surface area contributed by atoms with Gasteiger partial charge < -0.3 is 26.2 Å². The summed E-state index contributed by atoms with van der Waals surface area (Å²) in [7, 11) is 0. The lowest BCUT2D eigenvalue weighted by atomic mass is 10.2. The molecule has 92 valence electrons. The first-order chi connectivity index (χ1) is 7.61. The second kappa shape index (κ2) is 6.29. The van der Waals surface area contributed by atoms with Crippen LogP contribution in [0.15, 0.2) is 4.99 Å². The highest BCUT2D eigenvalue weighted by atomic mass is 16.5. The van der Waals surface area contributed by atoms with Crippen LogP contribution in [0, 0.1) is 0 Å². The SMILES string of the molecule is NC(=NCC[C@H](N)C(=O)O)N1CCOCC1. The molecule has 0 amide bonds. The molecule has 0 bridgehead atoms. The number of hydrogen-bond acceptors (Lipinski definition) is 4. The van der Waals surface area contributed by atoms with Gasteiger partial charge in [0.2, 0.25) is 0 Å². The van der Waals surface area contributed by atoms with E-state index in [1.807, 2.05) is 4.90 Å². The molecule has 1 heterocycles. The maximum atomic E-state index is 10.4. The van der Waals surface area contributed by atoms with Crippen molar-refractivity contribution in [2.24, 2.45) is 16.5 Å². The summed E-state index contributed by atoms with van der Waals surface area (Å²) in [6, 6.07) is -0.874. The van der Waals surface area contributed by atoms with Gasteiger partial charge in [0.15, 0.2) is 5.96 Å². The summed E-state index contributed by atoms with van der Waals surface area (Å²) in [6.45, 7) is 3.06. The number of aliphatic carboxylic acids is 1. The summed E-state index contributed by atoms with van der Waals surface area (Å²) < 4.78 is 5.17. The number of carboxylic acids is 1. The van der Waals surface area contributed by atoms with E-state index in [-0.39, 0.29) is 0 Å².